The summed E-state index contributed by atoms with van der Waals surface area (Å²) in [5, 5.41) is -0.979. The van der Waals surface area contributed by atoms with E-state index in [1.54, 1.807) is 11.8 Å². The molecule has 0 fully saturated rings. The number of nitrogens with zero attached hydrogens (tertiary/aromatic N) is 1. The number of carbonyl (C=O) groups is 1. The Morgan fingerprint density at radius 1 is 1.27 bits per heavy atom. The minimum Gasteiger partial charge on any atom is -0.444 e. The molecular formula is C16H21NO2S3. The lowest BCUT2D eigenvalue weighted by molar-refractivity contribution is 0.0980. The Bertz CT molecular complexity index is 491. The first kappa shape index (κ1) is 19.1. The maximum absolute atomic E-state index is 12.2. The Hall–Kier alpha value is -0.980. The van der Waals surface area contributed by atoms with E-state index in [1.807, 2.05) is 24.3 Å². The first-order valence-electron chi connectivity index (χ1n) is 6.81. The van der Waals surface area contributed by atoms with Crippen LogP contribution in [-0.2, 0) is 11.3 Å². The molecule has 0 saturated heterocycles. The van der Waals surface area contributed by atoms with Crippen LogP contribution in [0.3, 0.4) is 0 Å². The molecule has 0 bridgehead atoms. The molecule has 2 atom stereocenters. The van der Waals surface area contributed by atoms with Crippen LogP contribution < -0.4 is 0 Å². The zero-order valence-electron chi connectivity index (χ0n) is 12.5. The van der Waals surface area contributed by atoms with Crippen molar-refractivity contribution in [3.05, 3.63) is 55.1 Å². The summed E-state index contributed by atoms with van der Waals surface area (Å²) in [4.78, 5) is 14.7. The van der Waals surface area contributed by atoms with Crippen LogP contribution in [0.2, 0.25) is 0 Å². The van der Waals surface area contributed by atoms with E-state index in [2.05, 4.69) is 45.3 Å². The fourth-order valence-electron chi connectivity index (χ4n) is 1.67. The van der Waals surface area contributed by atoms with E-state index in [0.29, 0.717) is 0 Å². The van der Waals surface area contributed by atoms with Crippen molar-refractivity contribution in [3.63, 3.8) is 0 Å². The van der Waals surface area contributed by atoms with Crippen molar-refractivity contribution in [2.45, 2.75) is 29.2 Å². The van der Waals surface area contributed by atoms with E-state index in [0.717, 1.165) is 11.3 Å². The van der Waals surface area contributed by atoms with Gasteiger partial charge >= 0.3 is 6.09 Å². The molecule has 0 aliphatic heterocycles. The molecule has 0 N–H and O–H groups in total. The SMILES string of the molecule is C=CC(S)N(C(=O)OCc1ccc(SCC)cc1)C(S)C=C. The van der Waals surface area contributed by atoms with Crippen LogP contribution in [-0.4, -0.2) is 27.5 Å². The molecule has 1 aromatic carbocycles. The van der Waals surface area contributed by atoms with Gasteiger partial charge in [0, 0.05) is 4.90 Å². The third kappa shape index (κ3) is 5.66. The first-order chi connectivity index (χ1) is 10.5. The molecule has 0 aromatic heterocycles. The van der Waals surface area contributed by atoms with Crippen molar-refractivity contribution in [1.82, 2.24) is 4.90 Å². The minimum absolute atomic E-state index is 0.196. The summed E-state index contributed by atoms with van der Waals surface area (Å²) < 4.78 is 5.32. The molecular weight excluding hydrogens is 334 g/mol. The number of ether oxygens (including phenoxy) is 1. The van der Waals surface area contributed by atoms with Gasteiger partial charge < -0.3 is 4.74 Å². The average Bonchev–Trinajstić information content (AvgIpc) is 2.54. The van der Waals surface area contributed by atoms with Crippen molar-refractivity contribution in [1.29, 1.82) is 0 Å². The summed E-state index contributed by atoms with van der Waals surface area (Å²) >= 11 is 10.3. The highest BCUT2D eigenvalue weighted by atomic mass is 32.2. The van der Waals surface area contributed by atoms with Gasteiger partial charge in [0.2, 0.25) is 0 Å². The molecule has 1 rings (SSSR count). The standard InChI is InChI=1S/C16H21NO2S3/c1-4-14(20)17(15(21)5-2)16(18)19-11-12-7-9-13(10-8-12)22-6-3/h4-5,7-10,14-15,20-21H,1-2,6,11H2,3H3. The molecule has 2 unspecified atom stereocenters. The number of hydrogen-bond acceptors (Lipinski definition) is 5. The predicted molar refractivity (Wildman–Crippen MR) is 101 cm³/mol. The zero-order chi connectivity index (χ0) is 16.5. The Labute approximate surface area is 147 Å². The van der Waals surface area contributed by atoms with E-state index in [4.69, 9.17) is 4.74 Å². The van der Waals surface area contributed by atoms with Crippen molar-refractivity contribution < 1.29 is 9.53 Å². The van der Waals surface area contributed by atoms with Gasteiger partial charge in [-0.1, -0.05) is 31.2 Å². The largest absolute Gasteiger partial charge is 0.444 e. The van der Waals surface area contributed by atoms with Crippen molar-refractivity contribution in [2.24, 2.45) is 0 Å². The lowest BCUT2D eigenvalue weighted by Crippen LogP contribution is -2.41. The lowest BCUT2D eigenvalue weighted by atomic mass is 10.2. The highest BCUT2D eigenvalue weighted by Gasteiger charge is 2.24. The monoisotopic (exact) mass is 355 g/mol. The van der Waals surface area contributed by atoms with Gasteiger partial charge in [0.15, 0.2) is 0 Å². The number of amides is 1. The molecule has 0 heterocycles. The lowest BCUT2D eigenvalue weighted by Gasteiger charge is -2.29. The van der Waals surface area contributed by atoms with Gasteiger partial charge in [-0.05, 0) is 23.4 Å². The first-order valence-corrected chi connectivity index (χ1v) is 8.83. The summed E-state index contributed by atoms with van der Waals surface area (Å²) in [6.45, 7) is 9.56. The molecule has 120 valence electrons. The molecule has 22 heavy (non-hydrogen) atoms. The second-order valence-corrected chi connectivity index (χ2v) is 6.73. The van der Waals surface area contributed by atoms with Crippen LogP contribution in [0, 0.1) is 0 Å². The van der Waals surface area contributed by atoms with Crippen LogP contribution in [0.1, 0.15) is 12.5 Å². The topological polar surface area (TPSA) is 29.5 Å². The van der Waals surface area contributed by atoms with E-state index in [9.17, 15) is 4.79 Å². The molecule has 0 radical (unpaired) electrons. The van der Waals surface area contributed by atoms with E-state index in [1.165, 1.54) is 21.9 Å². The van der Waals surface area contributed by atoms with Gasteiger partial charge in [-0.15, -0.1) is 24.9 Å². The fourth-order valence-corrected chi connectivity index (χ4v) is 2.91. The van der Waals surface area contributed by atoms with Crippen molar-refractivity contribution in [2.75, 3.05) is 5.75 Å². The molecule has 0 aliphatic rings. The Kier molecular flexibility index (Phi) is 8.60. The smallest absolute Gasteiger partial charge is 0.412 e. The fraction of sp³-hybridized carbons (Fsp3) is 0.312. The number of thiol groups is 2. The number of carbonyl (C=O) groups excluding carboxylic acids is 1. The van der Waals surface area contributed by atoms with Crippen LogP contribution in [0.25, 0.3) is 0 Å². The third-order valence-corrected chi connectivity index (χ3v) is 4.61. The molecule has 1 amide bonds. The number of benzene rings is 1. The second-order valence-electron chi connectivity index (χ2n) is 4.34. The number of thioether (sulfide) groups is 1. The van der Waals surface area contributed by atoms with Gasteiger partial charge in [0.25, 0.3) is 0 Å². The predicted octanol–water partition coefficient (Wildman–Crippen LogP) is 4.62. The van der Waals surface area contributed by atoms with Gasteiger partial charge in [-0.25, -0.2) is 4.79 Å². The van der Waals surface area contributed by atoms with Crippen LogP contribution >= 0.6 is 37.0 Å². The van der Waals surface area contributed by atoms with Crippen LogP contribution in [0.5, 0.6) is 0 Å². The normalized spacial score (nSPS) is 13.0. The number of rotatable bonds is 8. The third-order valence-electron chi connectivity index (χ3n) is 2.80. The summed E-state index contributed by atoms with van der Waals surface area (Å²) in [6, 6.07) is 7.94. The van der Waals surface area contributed by atoms with Crippen molar-refractivity contribution >= 4 is 43.1 Å². The Balaban J connectivity index is 2.66. The van der Waals surface area contributed by atoms with Gasteiger partial charge in [-0.3, -0.25) is 4.90 Å². The number of hydrogen-bond donors (Lipinski definition) is 2. The Morgan fingerprint density at radius 2 is 1.82 bits per heavy atom. The quantitative estimate of drug-likeness (QED) is 0.309. The molecule has 0 saturated carbocycles. The highest BCUT2D eigenvalue weighted by molar-refractivity contribution is 7.99. The average molecular weight is 356 g/mol. The summed E-state index contributed by atoms with van der Waals surface area (Å²) in [7, 11) is 0. The zero-order valence-corrected chi connectivity index (χ0v) is 15.1. The van der Waals surface area contributed by atoms with E-state index < -0.39 is 16.8 Å². The van der Waals surface area contributed by atoms with Gasteiger partial charge in [-0.2, -0.15) is 25.3 Å². The molecule has 0 spiro atoms. The van der Waals surface area contributed by atoms with Gasteiger partial charge in [0.05, 0.1) is 10.7 Å². The van der Waals surface area contributed by atoms with E-state index in [-0.39, 0.29) is 6.61 Å². The van der Waals surface area contributed by atoms with Crippen molar-refractivity contribution in [3.8, 4) is 0 Å². The van der Waals surface area contributed by atoms with Crippen LogP contribution in [0.15, 0.2) is 54.5 Å². The summed E-state index contributed by atoms with van der Waals surface area (Å²) in [6.07, 6.45) is 2.56. The summed E-state index contributed by atoms with van der Waals surface area (Å²) in [5.74, 6) is 1.03. The molecule has 0 aliphatic carbocycles. The van der Waals surface area contributed by atoms with Gasteiger partial charge in [0.1, 0.15) is 6.61 Å². The Morgan fingerprint density at radius 3 is 2.27 bits per heavy atom. The summed E-state index contributed by atoms with van der Waals surface area (Å²) in [5.41, 5.74) is 0.928. The second kappa shape index (κ2) is 9.92. The molecule has 3 nitrogen and oxygen atoms in total. The molecule has 6 heteroatoms. The highest BCUT2D eigenvalue weighted by Crippen LogP contribution is 2.19. The maximum atomic E-state index is 12.2. The van der Waals surface area contributed by atoms with E-state index >= 15 is 0 Å². The molecule has 1 aromatic rings. The minimum atomic E-state index is -0.508. The van der Waals surface area contributed by atoms with Crippen LogP contribution in [0.4, 0.5) is 4.79 Å². The maximum Gasteiger partial charge on any atom is 0.412 e.